The lowest BCUT2D eigenvalue weighted by atomic mass is 9.93. The number of nitrogens with one attached hydrogen (secondary N) is 1. The number of hydrogen-bond donors (Lipinski definition) is 1. The molecule has 1 aliphatic heterocycles. The Bertz CT molecular complexity index is 1090. The topological polar surface area (TPSA) is 102 Å². The van der Waals surface area contributed by atoms with Crippen molar-refractivity contribution in [1.82, 2.24) is 24.2 Å². The zero-order valence-electron chi connectivity index (χ0n) is 17.3. The monoisotopic (exact) mass is 420 g/mol. The second-order valence-electron chi connectivity index (χ2n) is 7.65. The van der Waals surface area contributed by atoms with Crippen LogP contribution in [0.2, 0.25) is 0 Å². The number of carbonyl (C=O) groups excluding carboxylic acids is 3. The van der Waals surface area contributed by atoms with Crippen molar-refractivity contribution < 1.29 is 14.4 Å². The number of rotatable bonds is 6. The van der Waals surface area contributed by atoms with E-state index in [1.54, 1.807) is 59.4 Å². The fraction of sp³-hybridized carbons (Fsp3) is 0.318. The maximum Gasteiger partial charge on any atom is 0.255 e. The Labute approximate surface area is 179 Å². The summed E-state index contributed by atoms with van der Waals surface area (Å²) in [5.41, 5.74) is 1.06. The van der Waals surface area contributed by atoms with Gasteiger partial charge in [0.25, 0.3) is 5.91 Å². The first kappa shape index (κ1) is 20.5. The lowest BCUT2D eigenvalue weighted by Gasteiger charge is -2.31. The van der Waals surface area contributed by atoms with Gasteiger partial charge in [0.05, 0.1) is 11.9 Å². The molecule has 1 aliphatic rings. The van der Waals surface area contributed by atoms with Crippen LogP contribution in [0.15, 0.2) is 55.1 Å². The molecule has 0 radical (unpaired) electrons. The number of benzene rings is 1. The highest BCUT2D eigenvalue weighted by Gasteiger charge is 2.30. The average Bonchev–Trinajstić information content (AvgIpc) is 3.42. The number of ketones is 1. The van der Waals surface area contributed by atoms with Gasteiger partial charge >= 0.3 is 0 Å². The van der Waals surface area contributed by atoms with Crippen LogP contribution in [0.25, 0.3) is 0 Å². The molecular formula is C22H24N6O3. The molecule has 1 unspecified atom stereocenters. The van der Waals surface area contributed by atoms with Gasteiger partial charge in [-0.3, -0.25) is 19.1 Å². The summed E-state index contributed by atoms with van der Waals surface area (Å²) in [6.45, 7) is 1.04. The number of piperidine rings is 1. The number of carbonyl (C=O) groups is 3. The van der Waals surface area contributed by atoms with Crippen LogP contribution in [0.5, 0.6) is 0 Å². The van der Waals surface area contributed by atoms with Crippen LogP contribution >= 0.6 is 0 Å². The molecule has 1 aromatic carbocycles. The van der Waals surface area contributed by atoms with Gasteiger partial charge in [0.1, 0.15) is 6.54 Å². The van der Waals surface area contributed by atoms with Gasteiger partial charge in [-0.25, -0.2) is 4.98 Å². The van der Waals surface area contributed by atoms with Crippen LogP contribution in [0.1, 0.15) is 33.8 Å². The average molecular weight is 420 g/mol. The molecule has 0 saturated carbocycles. The van der Waals surface area contributed by atoms with Crippen LogP contribution in [-0.2, 0) is 18.4 Å². The maximum atomic E-state index is 12.8. The van der Waals surface area contributed by atoms with Crippen molar-refractivity contribution in [3.05, 3.63) is 66.5 Å². The van der Waals surface area contributed by atoms with Crippen LogP contribution in [-0.4, -0.2) is 54.9 Å². The highest BCUT2D eigenvalue weighted by molar-refractivity contribution is 6.04. The Morgan fingerprint density at radius 1 is 1.19 bits per heavy atom. The van der Waals surface area contributed by atoms with E-state index in [4.69, 9.17) is 0 Å². The van der Waals surface area contributed by atoms with Crippen molar-refractivity contribution in [2.75, 3.05) is 18.4 Å². The van der Waals surface area contributed by atoms with E-state index in [0.29, 0.717) is 30.2 Å². The van der Waals surface area contributed by atoms with E-state index in [-0.39, 0.29) is 30.1 Å². The zero-order valence-corrected chi connectivity index (χ0v) is 17.3. The number of anilines is 1. The fourth-order valence-corrected chi connectivity index (χ4v) is 3.75. The van der Waals surface area contributed by atoms with E-state index in [1.165, 1.54) is 10.9 Å². The fourth-order valence-electron chi connectivity index (χ4n) is 3.75. The molecule has 1 saturated heterocycles. The summed E-state index contributed by atoms with van der Waals surface area (Å²) in [5.74, 6) is -0.211. The second-order valence-corrected chi connectivity index (χ2v) is 7.65. The summed E-state index contributed by atoms with van der Waals surface area (Å²) in [5, 5.41) is 6.95. The summed E-state index contributed by atoms with van der Waals surface area (Å²) < 4.78 is 3.20. The number of Topliss-reactive ketones (excluding diaryl/α,β-unsaturated/α-hetero) is 1. The van der Waals surface area contributed by atoms with Crippen LogP contribution in [0.3, 0.4) is 0 Å². The van der Waals surface area contributed by atoms with Gasteiger partial charge in [0, 0.05) is 50.2 Å². The van der Waals surface area contributed by atoms with E-state index in [1.807, 2.05) is 6.07 Å². The molecule has 0 aliphatic carbocycles. The van der Waals surface area contributed by atoms with Crippen molar-refractivity contribution in [3.8, 4) is 0 Å². The lowest BCUT2D eigenvalue weighted by molar-refractivity contribution is -0.133. The number of hydrogen-bond acceptors (Lipinski definition) is 5. The third-order valence-corrected chi connectivity index (χ3v) is 5.41. The van der Waals surface area contributed by atoms with Crippen LogP contribution in [0.4, 0.5) is 5.69 Å². The minimum absolute atomic E-state index is 0.0324. The van der Waals surface area contributed by atoms with Gasteiger partial charge in [-0.15, -0.1) is 0 Å². The number of nitrogens with zero attached hydrogens (tertiary/aromatic N) is 5. The largest absolute Gasteiger partial charge is 0.340 e. The van der Waals surface area contributed by atoms with Crippen molar-refractivity contribution in [3.63, 3.8) is 0 Å². The first-order chi connectivity index (χ1) is 15.0. The van der Waals surface area contributed by atoms with Crippen molar-refractivity contribution in [2.45, 2.75) is 19.4 Å². The summed E-state index contributed by atoms with van der Waals surface area (Å²) in [6.07, 6.45) is 7.99. The van der Waals surface area contributed by atoms with E-state index >= 15 is 0 Å². The van der Waals surface area contributed by atoms with Crippen molar-refractivity contribution >= 4 is 23.3 Å². The molecule has 31 heavy (non-hydrogen) atoms. The third kappa shape index (κ3) is 4.71. The Balaban J connectivity index is 1.34. The minimum Gasteiger partial charge on any atom is -0.340 e. The highest BCUT2D eigenvalue weighted by Crippen LogP contribution is 2.21. The highest BCUT2D eigenvalue weighted by atomic mass is 16.2. The van der Waals surface area contributed by atoms with Gasteiger partial charge in [-0.2, -0.15) is 5.10 Å². The Morgan fingerprint density at radius 3 is 2.74 bits per heavy atom. The SMILES string of the molecule is Cn1ccnc1C(=O)C1CCCN(C(=O)Cn2cc(NC(=O)c3ccccc3)cn2)C1. The third-order valence-electron chi connectivity index (χ3n) is 5.41. The van der Waals surface area contributed by atoms with Crippen molar-refractivity contribution in [2.24, 2.45) is 13.0 Å². The van der Waals surface area contributed by atoms with Gasteiger partial charge < -0.3 is 14.8 Å². The molecule has 2 aromatic heterocycles. The normalized spacial score (nSPS) is 16.2. The molecule has 0 spiro atoms. The minimum atomic E-state index is -0.253. The predicted octanol–water partition coefficient (Wildman–Crippen LogP) is 1.99. The summed E-state index contributed by atoms with van der Waals surface area (Å²) in [4.78, 5) is 43.6. The quantitative estimate of drug-likeness (QED) is 0.615. The van der Waals surface area contributed by atoms with Gasteiger partial charge in [0.2, 0.25) is 11.7 Å². The standard InChI is InChI=1S/C22H24N6O3/c1-26-11-9-23-21(26)20(30)17-8-5-10-27(13-17)19(29)15-28-14-18(12-24-28)25-22(31)16-6-3-2-4-7-16/h2-4,6-7,9,11-12,14,17H,5,8,10,13,15H2,1H3,(H,25,31). The maximum absolute atomic E-state index is 12.8. The summed E-state index contributed by atoms with van der Waals surface area (Å²) >= 11 is 0. The number of amides is 2. The molecule has 2 amide bonds. The molecule has 4 rings (SSSR count). The molecular weight excluding hydrogens is 396 g/mol. The molecule has 0 bridgehead atoms. The lowest BCUT2D eigenvalue weighted by Crippen LogP contribution is -2.44. The molecule has 9 nitrogen and oxygen atoms in total. The van der Waals surface area contributed by atoms with Crippen LogP contribution in [0, 0.1) is 5.92 Å². The second kappa shape index (κ2) is 8.95. The van der Waals surface area contributed by atoms with Gasteiger partial charge in [-0.1, -0.05) is 18.2 Å². The molecule has 9 heteroatoms. The van der Waals surface area contributed by atoms with Crippen molar-refractivity contribution in [1.29, 1.82) is 0 Å². The van der Waals surface area contributed by atoms with E-state index in [0.717, 1.165) is 12.8 Å². The Kier molecular flexibility index (Phi) is 5.92. The molecule has 1 fully saturated rings. The predicted molar refractivity (Wildman–Crippen MR) is 113 cm³/mol. The summed E-state index contributed by atoms with van der Waals surface area (Å²) in [7, 11) is 1.79. The number of imidazole rings is 1. The molecule has 3 aromatic rings. The smallest absolute Gasteiger partial charge is 0.255 e. The number of likely N-dealkylation sites (tertiary alicyclic amines) is 1. The van der Waals surface area contributed by atoms with Gasteiger partial charge in [-0.05, 0) is 25.0 Å². The number of aryl methyl sites for hydroxylation is 1. The van der Waals surface area contributed by atoms with Gasteiger partial charge in [0.15, 0.2) is 5.82 Å². The van der Waals surface area contributed by atoms with E-state index in [9.17, 15) is 14.4 Å². The Morgan fingerprint density at radius 2 is 2.00 bits per heavy atom. The van der Waals surface area contributed by atoms with E-state index < -0.39 is 0 Å². The molecule has 160 valence electrons. The Hall–Kier alpha value is -3.75. The molecule has 1 N–H and O–H groups in total. The molecule has 3 heterocycles. The first-order valence-corrected chi connectivity index (χ1v) is 10.2. The number of aromatic nitrogens is 4. The van der Waals surface area contributed by atoms with E-state index in [2.05, 4.69) is 15.4 Å². The first-order valence-electron chi connectivity index (χ1n) is 10.2. The van der Waals surface area contributed by atoms with Crippen LogP contribution < -0.4 is 5.32 Å². The zero-order chi connectivity index (χ0) is 21.8. The molecule has 1 atom stereocenters. The summed E-state index contributed by atoms with van der Waals surface area (Å²) in [6, 6.07) is 8.88.